The van der Waals surface area contributed by atoms with Crippen molar-refractivity contribution >= 4 is 40.3 Å². The highest BCUT2D eigenvalue weighted by Gasteiger charge is 2.39. The number of rotatable bonds is 6. The largest absolute Gasteiger partial charge is 0.497 e. The van der Waals surface area contributed by atoms with Gasteiger partial charge in [-0.2, -0.15) is 0 Å². The van der Waals surface area contributed by atoms with E-state index in [1.165, 1.54) is 6.92 Å². The van der Waals surface area contributed by atoms with Gasteiger partial charge < -0.3 is 9.64 Å². The lowest BCUT2D eigenvalue weighted by Gasteiger charge is -2.32. The summed E-state index contributed by atoms with van der Waals surface area (Å²) in [6, 6.07) is 23.3. The number of benzene rings is 3. The van der Waals surface area contributed by atoms with Gasteiger partial charge >= 0.3 is 0 Å². The molecular weight excluding hydrogens is 424 g/mol. The van der Waals surface area contributed by atoms with Crippen molar-refractivity contribution in [2.24, 2.45) is 5.10 Å². The van der Waals surface area contributed by atoms with Gasteiger partial charge in [0.1, 0.15) is 5.75 Å². The standard InChI is InChI=1S/C25H25ClN4O2/c1-17(31)24-27-30(22-11-7-19(26)8-12-22)25(18-5-9-20(10-6-18)28(2)3)29(24)21-13-15-23(32-4)16-14-21/h5-16,25H,1-4H3. The fourth-order valence-electron chi connectivity index (χ4n) is 3.70. The minimum absolute atomic E-state index is 0.118. The summed E-state index contributed by atoms with van der Waals surface area (Å²) in [6.45, 7) is 1.53. The molecule has 32 heavy (non-hydrogen) atoms. The molecule has 0 aromatic heterocycles. The molecule has 1 unspecified atom stereocenters. The molecule has 6 nitrogen and oxygen atoms in total. The van der Waals surface area contributed by atoms with Crippen LogP contribution in [0.25, 0.3) is 0 Å². The number of methoxy groups -OCH3 is 1. The zero-order chi connectivity index (χ0) is 22.8. The number of carbonyl (C=O) groups is 1. The van der Waals surface area contributed by atoms with Crippen molar-refractivity contribution in [2.75, 3.05) is 36.0 Å². The van der Waals surface area contributed by atoms with Gasteiger partial charge in [0.25, 0.3) is 0 Å². The quantitative estimate of drug-likeness (QED) is 0.509. The van der Waals surface area contributed by atoms with E-state index in [1.807, 2.05) is 77.4 Å². The number of nitrogens with zero attached hydrogens (tertiary/aromatic N) is 4. The molecule has 1 aliphatic rings. The maximum atomic E-state index is 12.7. The molecule has 1 aliphatic heterocycles. The molecule has 0 saturated heterocycles. The Morgan fingerprint density at radius 2 is 1.53 bits per heavy atom. The average Bonchev–Trinajstić information content (AvgIpc) is 3.20. The minimum atomic E-state index is -0.348. The van der Waals surface area contributed by atoms with E-state index in [1.54, 1.807) is 7.11 Å². The predicted octanol–water partition coefficient (Wildman–Crippen LogP) is 5.34. The summed E-state index contributed by atoms with van der Waals surface area (Å²) in [5.74, 6) is 0.995. The van der Waals surface area contributed by atoms with E-state index in [0.717, 1.165) is 28.4 Å². The van der Waals surface area contributed by atoms with E-state index >= 15 is 0 Å². The van der Waals surface area contributed by atoms with Crippen molar-refractivity contribution in [1.82, 2.24) is 0 Å². The molecule has 0 fully saturated rings. The van der Waals surface area contributed by atoms with Crippen molar-refractivity contribution in [2.45, 2.75) is 13.1 Å². The molecule has 1 heterocycles. The third-order valence-corrected chi connectivity index (χ3v) is 5.62. The lowest BCUT2D eigenvalue weighted by atomic mass is 10.1. The van der Waals surface area contributed by atoms with Crippen molar-refractivity contribution in [3.05, 3.63) is 83.4 Å². The van der Waals surface area contributed by atoms with E-state index in [9.17, 15) is 4.79 Å². The number of hydrazone groups is 1. The maximum Gasteiger partial charge on any atom is 0.198 e. The normalized spacial score (nSPS) is 15.5. The van der Waals surface area contributed by atoms with Crippen LogP contribution in [0.3, 0.4) is 0 Å². The first-order valence-corrected chi connectivity index (χ1v) is 10.6. The molecule has 0 bridgehead atoms. The molecule has 0 aliphatic carbocycles. The Kier molecular flexibility index (Phi) is 6.06. The monoisotopic (exact) mass is 448 g/mol. The number of ether oxygens (including phenoxy) is 1. The van der Waals surface area contributed by atoms with Crippen molar-refractivity contribution < 1.29 is 9.53 Å². The zero-order valence-electron chi connectivity index (χ0n) is 18.5. The molecule has 1 atom stereocenters. The van der Waals surface area contributed by atoms with Crippen LogP contribution < -0.4 is 19.5 Å². The number of carbonyl (C=O) groups excluding carboxylic acids is 1. The number of amidine groups is 1. The van der Waals surface area contributed by atoms with Crippen LogP contribution in [0, 0.1) is 0 Å². The molecule has 3 aromatic rings. The van der Waals surface area contributed by atoms with Gasteiger partial charge in [0.15, 0.2) is 17.8 Å². The summed E-state index contributed by atoms with van der Waals surface area (Å²) < 4.78 is 5.31. The van der Waals surface area contributed by atoms with Crippen LogP contribution in [0.5, 0.6) is 5.75 Å². The lowest BCUT2D eigenvalue weighted by molar-refractivity contribution is -0.111. The first-order valence-electron chi connectivity index (χ1n) is 10.2. The fraction of sp³-hybridized carbons (Fsp3) is 0.200. The highest BCUT2D eigenvalue weighted by atomic mass is 35.5. The third-order valence-electron chi connectivity index (χ3n) is 5.37. The highest BCUT2D eigenvalue weighted by Crippen LogP contribution is 2.40. The molecule has 0 amide bonds. The highest BCUT2D eigenvalue weighted by molar-refractivity contribution is 6.44. The van der Waals surface area contributed by atoms with Gasteiger partial charge in [0, 0.05) is 37.4 Å². The van der Waals surface area contributed by atoms with Gasteiger partial charge in [-0.1, -0.05) is 23.7 Å². The minimum Gasteiger partial charge on any atom is -0.497 e. The number of hydrogen-bond donors (Lipinski definition) is 0. The number of halogens is 1. The SMILES string of the molecule is COc1ccc(N2C(C(C)=O)=NN(c3ccc(Cl)cc3)C2c2ccc(N(C)C)cc2)cc1. The molecule has 0 radical (unpaired) electrons. The fourth-order valence-corrected chi connectivity index (χ4v) is 3.83. The zero-order valence-corrected chi connectivity index (χ0v) is 19.2. The van der Waals surface area contributed by atoms with Crippen LogP contribution in [0.2, 0.25) is 5.02 Å². The Balaban J connectivity index is 1.86. The Morgan fingerprint density at radius 1 is 0.938 bits per heavy atom. The first kappa shape index (κ1) is 21.7. The smallest absolute Gasteiger partial charge is 0.198 e. The van der Waals surface area contributed by atoms with Crippen molar-refractivity contribution in [3.63, 3.8) is 0 Å². The van der Waals surface area contributed by atoms with E-state index in [0.29, 0.717) is 10.9 Å². The molecule has 4 rings (SSSR count). The molecule has 3 aromatic carbocycles. The number of Topliss-reactive ketones (excluding diaryl/α,β-unsaturated/α-hetero) is 1. The van der Waals surface area contributed by atoms with Crippen LogP contribution in [0.4, 0.5) is 17.1 Å². The topological polar surface area (TPSA) is 48.4 Å². The Bertz CT molecular complexity index is 1130. The molecular formula is C25H25ClN4O2. The summed E-state index contributed by atoms with van der Waals surface area (Å²) in [7, 11) is 5.64. The second-order valence-electron chi connectivity index (χ2n) is 7.73. The van der Waals surface area contributed by atoms with Crippen LogP contribution in [-0.4, -0.2) is 32.8 Å². The first-order chi connectivity index (χ1) is 15.4. The van der Waals surface area contributed by atoms with Crippen LogP contribution >= 0.6 is 11.6 Å². The summed E-state index contributed by atoms with van der Waals surface area (Å²) in [4.78, 5) is 16.7. The predicted molar refractivity (Wildman–Crippen MR) is 131 cm³/mol. The van der Waals surface area contributed by atoms with Gasteiger partial charge in [-0.05, 0) is 66.2 Å². The van der Waals surface area contributed by atoms with E-state index in [-0.39, 0.29) is 11.9 Å². The van der Waals surface area contributed by atoms with Gasteiger partial charge in [0.05, 0.1) is 12.8 Å². The van der Waals surface area contributed by atoms with Gasteiger partial charge in [-0.3, -0.25) is 9.69 Å². The summed E-state index contributed by atoms with van der Waals surface area (Å²) in [5, 5.41) is 7.25. The van der Waals surface area contributed by atoms with Gasteiger partial charge in [-0.15, -0.1) is 5.10 Å². The Labute approximate surface area is 193 Å². The molecule has 0 saturated carbocycles. The Hall–Kier alpha value is -3.51. The van der Waals surface area contributed by atoms with E-state index in [4.69, 9.17) is 21.4 Å². The van der Waals surface area contributed by atoms with E-state index < -0.39 is 0 Å². The molecule has 0 spiro atoms. The summed E-state index contributed by atoms with van der Waals surface area (Å²) in [6.07, 6.45) is -0.348. The Morgan fingerprint density at radius 3 is 2.06 bits per heavy atom. The average molecular weight is 449 g/mol. The molecule has 164 valence electrons. The number of anilines is 3. The van der Waals surface area contributed by atoms with Crippen LogP contribution in [0.1, 0.15) is 18.7 Å². The second-order valence-corrected chi connectivity index (χ2v) is 8.16. The van der Waals surface area contributed by atoms with Crippen molar-refractivity contribution in [3.8, 4) is 5.75 Å². The van der Waals surface area contributed by atoms with Gasteiger partial charge in [0.2, 0.25) is 0 Å². The van der Waals surface area contributed by atoms with Crippen molar-refractivity contribution in [1.29, 1.82) is 0 Å². The maximum absolute atomic E-state index is 12.7. The van der Waals surface area contributed by atoms with Crippen LogP contribution in [0.15, 0.2) is 77.9 Å². The third kappa shape index (κ3) is 4.14. The summed E-state index contributed by atoms with van der Waals surface area (Å²) >= 11 is 6.12. The van der Waals surface area contributed by atoms with E-state index in [2.05, 4.69) is 24.3 Å². The summed E-state index contributed by atoms with van der Waals surface area (Å²) in [5.41, 5.74) is 3.78. The number of ketones is 1. The lowest BCUT2D eigenvalue weighted by Crippen LogP contribution is -2.37. The van der Waals surface area contributed by atoms with Crippen LogP contribution in [-0.2, 0) is 4.79 Å². The second kappa shape index (κ2) is 8.93. The molecule has 0 N–H and O–H groups in total. The van der Waals surface area contributed by atoms with Gasteiger partial charge in [-0.25, -0.2) is 5.01 Å². The number of hydrogen-bond acceptors (Lipinski definition) is 6. The molecule has 7 heteroatoms.